The molecular weight excluding hydrogens is 399 g/mol. The lowest BCUT2D eigenvalue weighted by molar-refractivity contribution is 0.266. The van der Waals surface area contributed by atoms with E-state index in [1.165, 1.54) is 0 Å². The molecule has 28 heavy (non-hydrogen) atoms. The highest BCUT2D eigenvalue weighted by Gasteiger charge is 2.35. The van der Waals surface area contributed by atoms with E-state index in [0.717, 1.165) is 11.1 Å². The molecule has 0 saturated carbocycles. The minimum absolute atomic E-state index is 0.229. The summed E-state index contributed by atoms with van der Waals surface area (Å²) >= 11 is 12.2. The van der Waals surface area contributed by atoms with Gasteiger partial charge in [0.25, 0.3) is 12.0 Å². The van der Waals surface area contributed by atoms with Gasteiger partial charge in [0.1, 0.15) is 24.3 Å². The molecule has 0 radical (unpaired) electrons. The van der Waals surface area contributed by atoms with Gasteiger partial charge < -0.3 is 20.9 Å². The number of ether oxygens (including phenoxy) is 2. The molecule has 0 amide bonds. The van der Waals surface area contributed by atoms with Crippen LogP contribution in [0.3, 0.4) is 0 Å². The van der Waals surface area contributed by atoms with Gasteiger partial charge >= 0.3 is 0 Å². The third-order valence-corrected chi connectivity index (χ3v) is 5.28. The lowest BCUT2D eigenvalue weighted by Crippen LogP contribution is -2.21. The van der Waals surface area contributed by atoms with Gasteiger partial charge in [0.05, 0.1) is 0 Å². The van der Waals surface area contributed by atoms with Crippen molar-refractivity contribution in [3.8, 4) is 0 Å². The number of nitrogens with zero attached hydrogens (tertiary/aromatic N) is 2. The number of aliphatic imine (C=N–C) groups is 2. The molecule has 2 aliphatic rings. The number of nitrogens with two attached hydrogens (primary N) is 2. The Kier molecular flexibility index (Phi) is 5.72. The van der Waals surface area contributed by atoms with Crippen LogP contribution in [0.1, 0.15) is 25.0 Å². The molecule has 0 saturated heterocycles. The molecule has 2 aromatic rings. The van der Waals surface area contributed by atoms with Crippen LogP contribution < -0.4 is 11.5 Å². The van der Waals surface area contributed by atoms with Crippen molar-refractivity contribution in [3.05, 3.63) is 69.7 Å². The fourth-order valence-electron chi connectivity index (χ4n) is 3.12. The van der Waals surface area contributed by atoms with Gasteiger partial charge in [-0.3, -0.25) is 0 Å². The number of hydrogen-bond donors (Lipinski definition) is 2. The number of amidine groups is 2. The van der Waals surface area contributed by atoms with Crippen LogP contribution in [0.5, 0.6) is 0 Å². The van der Waals surface area contributed by atoms with E-state index in [0.29, 0.717) is 23.3 Å². The molecule has 0 spiro atoms. The van der Waals surface area contributed by atoms with Gasteiger partial charge in [0.15, 0.2) is 0 Å². The Morgan fingerprint density at radius 2 is 1.11 bits per heavy atom. The van der Waals surface area contributed by atoms with Gasteiger partial charge in [0.2, 0.25) is 0 Å². The van der Waals surface area contributed by atoms with Crippen LogP contribution in [0.25, 0.3) is 0 Å². The van der Waals surface area contributed by atoms with Crippen LogP contribution in [0.2, 0.25) is 10.0 Å². The topological polar surface area (TPSA) is 95.2 Å². The smallest absolute Gasteiger partial charge is 0.283 e. The minimum Gasteiger partial charge on any atom is -0.462 e. The standard InChI is InChI=1S/2C10H11ClN2O/c2*1-10(6-14-9(12)13-10)7-4-2-3-5-8(7)11/h2*2-5H,6H2,1H3,(H2,12,13)/t10-;/m0./s1. The molecule has 6 nitrogen and oxygen atoms in total. The fraction of sp³-hybridized carbons (Fsp3) is 0.300. The Bertz CT molecular complexity index is 858. The number of halogens is 2. The zero-order chi connectivity index (χ0) is 20.4. The summed E-state index contributed by atoms with van der Waals surface area (Å²) in [5.74, 6) is 0. The average Bonchev–Trinajstić information content (AvgIpc) is 3.19. The summed E-state index contributed by atoms with van der Waals surface area (Å²) < 4.78 is 10.3. The SMILES string of the molecule is CC1(c2ccccc2Cl)COC(N)=N1.C[C@@]1(c2ccccc2Cl)COC(N)=N1. The summed E-state index contributed by atoms with van der Waals surface area (Å²) in [6.07, 6.45) is 0. The van der Waals surface area contributed by atoms with E-state index >= 15 is 0 Å². The van der Waals surface area contributed by atoms with Crippen LogP contribution in [-0.4, -0.2) is 25.3 Å². The Labute approximate surface area is 174 Å². The van der Waals surface area contributed by atoms with Crippen molar-refractivity contribution < 1.29 is 9.47 Å². The van der Waals surface area contributed by atoms with E-state index in [2.05, 4.69) is 9.98 Å². The minimum atomic E-state index is -0.442. The molecule has 0 fully saturated rings. The van der Waals surface area contributed by atoms with Gasteiger partial charge in [-0.2, -0.15) is 0 Å². The van der Waals surface area contributed by atoms with E-state index in [1.807, 2.05) is 62.4 Å². The molecular formula is C20H22Cl2N4O2. The largest absolute Gasteiger partial charge is 0.462 e. The van der Waals surface area contributed by atoms with Crippen molar-refractivity contribution in [3.63, 3.8) is 0 Å². The predicted molar refractivity (Wildman–Crippen MR) is 113 cm³/mol. The maximum Gasteiger partial charge on any atom is 0.283 e. The number of benzene rings is 2. The fourth-order valence-corrected chi connectivity index (χ4v) is 3.79. The van der Waals surface area contributed by atoms with E-state index in [4.69, 9.17) is 44.1 Å². The van der Waals surface area contributed by atoms with Gasteiger partial charge in [-0.05, 0) is 26.0 Å². The molecule has 0 aromatic heterocycles. The molecule has 2 aromatic carbocycles. The van der Waals surface area contributed by atoms with E-state index < -0.39 is 11.1 Å². The first-order valence-electron chi connectivity index (χ1n) is 8.70. The Morgan fingerprint density at radius 1 is 0.750 bits per heavy atom. The summed E-state index contributed by atoms with van der Waals surface area (Å²) in [5, 5.41) is 1.38. The second-order valence-corrected chi connectivity index (χ2v) is 7.80. The molecule has 0 bridgehead atoms. The van der Waals surface area contributed by atoms with Crippen LogP contribution in [-0.2, 0) is 20.6 Å². The highest BCUT2D eigenvalue weighted by molar-refractivity contribution is 6.31. The van der Waals surface area contributed by atoms with Crippen LogP contribution in [0, 0.1) is 0 Å². The van der Waals surface area contributed by atoms with E-state index in [1.54, 1.807) is 0 Å². The zero-order valence-electron chi connectivity index (χ0n) is 15.7. The van der Waals surface area contributed by atoms with Crippen molar-refractivity contribution in [1.82, 2.24) is 0 Å². The summed E-state index contributed by atoms with van der Waals surface area (Å²) in [6, 6.07) is 15.6. The monoisotopic (exact) mass is 420 g/mol. The lowest BCUT2D eigenvalue weighted by Gasteiger charge is -2.19. The van der Waals surface area contributed by atoms with Crippen LogP contribution in [0.4, 0.5) is 0 Å². The molecule has 2 atom stereocenters. The van der Waals surface area contributed by atoms with Crippen LogP contribution >= 0.6 is 23.2 Å². The second-order valence-electron chi connectivity index (χ2n) is 6.98. The molecule has 148 valence electrons. The maximum absolute atomic E-state index is 6.08. The van der Waals surface area contributed by atoms with Crippen molar-refractivity contribution in [2.24, 2.45) is 21.5 Å². The van der Waals surface area contributed by atoms with Crippen molar-refractivity contribution in [1.29, 1.82) is 0 Å². The molecule has 8 heteroatoms. The quantitative estimate of drug-likeness (QED) is 0.771. The van der Waals surface area contributed by atoms with E-state index in [-0.39, 0.29) is 12.0 Å². The normalized spacial score (nSPS) is 25.7. The maximum atomic E-state index is 6.08. The first-order valence-corrected chi connectivity index (χ1v) is 9.45. The summed E-state index contributed by atoms with van der Waals surface area (Å²) in [7, 11) is 0. The van der Waals surface area contributed by atoms with Gasteiger partial charge in [-0.15, -0.1) is 0 Å². The Hall–Kier alpha value is -2.44. The van der Waals surface area contributed by atoms with E-state index in [9.17, 15) is 0 Å². The molecule has 2 aliphatic heterocycles. The van der Waals surface area contributed by atoms with Crippen LogP contribution in [0.15, 0.2) is 58.5 Å². The van der Waals surface area contributed by atoms with Gasteiger partial charge in [-0.25, -0.2) is 9.98 Å². The van der Waals surface area contributed by atoms with Crippen molar-refractivity contribution in [2.45, 2.75) is 24.9 Å². The average molecular weight is 421 g/mol. The molecule has 4 rings (SSSR count). The van der Waals surface area contributed by atoms with Crippen molar-refractivity contribution >= 4 is 35.2 Å². The van der Waals surface area contributed by atoms with Gasteiger partial charge in [-0.1, -0.05) is 59.6 Å². The Morgan fingerprint density at radius 3 is 1.39 bits per heavy atom. The first-order chi connectivity index (χ1) is 13.2. The highest BCUT2D eigenvalue weighted by atomic mass is 35.5. The molecule has 1 unspecified atom stereocenters. The zero-order valence-corrected chi connectivity index (χ0v) is 17.2. The number of rotatable bonds is 2. The summed E-state index contributed by atoms with van der Waals surface area (Å²) in [5.41, 5.74) is 12.0. The van der Waals surface area contributed by atoms with Crippen molar-refractivity contribution in [2.75, 3.05) is 13.2 Å². The second kappa shape index (κ2) is 7.89. The number of hydrogen-bond acceptors (Lipinski definition) is 6. The third kappa shape index (κ3) is 4.18. The molecule has 4 N–H and O–H groups in total. The summed E-state index contributed by atoms with van der Waals surface area (Å²) in [4.78, 5) is 8.48. The molecule has 0 aliphatic carbocycles. The predicted octanol–water partition coefficient (Wildman–Crippen LogP) is 3.80. The lowest BCUT2D eigenvalue weighted by atomic mass is 9.94. The third-order valence-electron chi connectivity index (χ3n) is 4.62. The summed E-state index contributed by atoms with van der Waals surface area (Å²) in [6.45, 7) is 4.80. The first kappa shape index (κ1) is 20.3. The Balaban J connectivity index is 0.000000161. The molecule has 2 heterocycles. The van der Waals surface area contributed by atoms with Gasteiger partial charge in [0, 0.05) is 21.2 Å². The highest BCUT2D eigenvalue weighted by Crippen LogP contribution is 2.35.